The van der Waals surface area contributed by atoms with E-state index in [0.717, 1.165) is 6.42 Å². The summed E-state index contributed by atoms with van der Waals surface area (Å²) in [6.45, 7) is 9.16. The van der Waals surface area contributed by atoms with Gasteiger partial charge in [-0.05, 0) is 0 Å². The minimum absolute atomic E-state index is 0.354. The van der Waals surface area contributed by atoms with E-state index in [2.05, 4.69) is 64.1 Å². The van der Waals surface area contributed by atoms with Crippen molar-refractivity contribution < 1.29 is 0 Å². The van der Waals surface area contributed by atoms with Crippen LogP contribution in [0.2, 0.25) is 0 Å². The van der Waals surface area contributed by atoms with Crippen molar-refractivity contribution in [1.29, 1.82) is 0 Å². The van der Waals surface area contributed by atoms with Gasteiger partial charge >= 0.3 is 121 Å². The molecule has 19 heavy (non-hydrogen) atoms. The summed E-state index contributed by atoms with van der Waals surface area (Å²) in [5.41, 5.74) is 3.25. The van der Waals surface area contributed by atoms with Crippen molar-refractivity contribution in [2.75, 3.05) is 0 Å². The molecule has 0 N–H and O–H groups in total. The molecule has 0 radical (unpaired) electrons. The summed E-state index contributed by atoms with van der Waals surface area (Å²) in [5, 5.41) is 3.00. The predicted octanol–water partition coefficient (Wildman–Crippen LogP) is 4.95. The molecule has 0 aliphatic rings. The normalized spacial score (nSPS) is 12.4. The molecule has 0 aliphatic carbocycles. The molecule has 1 aromatic heterocycles. The van der Waals surface area contributed by atoms with Gasteiger partial charge in [-0.25, -0.2) is 0 Å². The van der Waals surface area contributed by atoms with Crippen molar-refractivity contribution >= 4 is 33.8 Å². The zero-order chi connectivity index (χ0) is 13.6. The molecule has 1 heteroatoms. The molecule has 3 rings (SSSR count). The molecule has 3 aromatic rings. The van der Waals surface area contributed by atoms with Crippen LogP contribution < -0.4 is 0 Å². The zero-order valence-corrected chi connectivity index (χ0v) is 13.8. The van der Waals surface area contributed by atoms with Crippen molar-refractivity contribution in [3.8, 4) is 0 Å². The topological polar surface area (TPSA) is 0 Å². The van der Waals surface area contributed by atoms with Crippen LogP contribution in [0.4, 0.5) is 0 Å². The Bertz CT molecular complexity index is 741. The van der Waals surface area contributed by atoms with E-state index in [-0.39, 0.29) is 0 Å². The second kappa shape index (κ2) is 4.51. The van der Waals surface area contributed by atoms with Gasteiger partial charge in [-0.2, -0.15) is 0 Å². The van der Waals surface area contributed by atoms with Crippen LogP contribution in [0, 0.1) is 12.3 Å². The second-order valence-electron chi connectivity index (χ2n) is 6.62. The van der Waals surface area contributed by atoms with E-state index in [4.69, 9.17) is 0 Å². The molecule has 0 unspecified atom stereocenters. The number of fused-ring (bicyclic) bond motifs is 3. The molecule has 0 spiro atoms. The summed E-state index contributed by atoms with van der Waals surface area (Å²) in [4.78, 5) is 0. The van der Waals surface area contributed by atoms with E-state index in [9.17, 15) is 0 Å². The van der Waals surface area contributed by atoms with E-state index >= 15 is 0 Å². The van der Waals surface area contributed by atoms with Crippen LogP contribution in [0.15, 0.2) is 36.4 Å². The van der Waals surface area contributed by atoms with Crippen molar-refractivity contribution in [2.45, 2.75) is 34.1 Å². The summed E-state index contributed by atoms with van der Waals surface area (Å²) < 4.78 is 3.10. The Kier molecular flexibility index (Phi) is 3.08. The number of rotatable bonds is 1. The molecule has 0 atom stereocenters. The summed E-state index contributed by atoms with van der Waals surface area (Å²) >= 11 is 0.497. The average Bonchev–Trinajstić information content (AvgIpc) is 2.66. The van der Waals surface area contributed by atoms with E-state index in [0.29, 0.717) is 19.9 Å². The van der Waals surface area contributed by atoms with Gasteiger partial charge in [0, 0.05) is 0 Å². The van der Waals surface area contributed by atoms with E-state index in [1.165, 1.54) is 21.9 Å². The van der Waals surface area contributed by atoms with Crippen LogP contribution in [0.3, 0.4) is 0 Å². The summed E-state index contributed by atoms with van der Waals surface area (Å²) in [5.74, 6) is 0. The molecule has 2 aromatic carbocycles. The number of benzene rings is 2. The first-order chi connectivity index (χ1) is 8.94. The molecule has 0 fully saturated rings. The van der Waals surface area contributed by atoms with Gasteiger partial charge in [0.2, 0.25) is 0 Å². The van der Waals surface area contributed by atoms with Crippen molar-refractivity contribution in [1.82, 2.24) is 0 Å². The fourth-order valence-electron chi connectivity index (χ4n) is 2.77. The molecule has 0 bridgehead atoms. The number of aryl methyl sites for hydroxylation is 1. The standard InChI is InChI=1S/C18H20Se/c1-12-6-5-7-16-17(12)14-10-13(11-18(2,3)4)8-9-15(14)19-16/h5-10H,11H2,1-4H3. The molecule has 0 nitrogen and oxygen atoms in total. The Hall–Kier alpha value is -1.04. The molecule has 1 heterocycles. The molecule has 0 aliphatic heterocycles. The van der Waals surface area contributed by atoms with Crippen LogP contribution in [-0.4, -0.2) is 14.5 Å². The van der Waals surface area contributed by atoms with Crippen LogP contribution in [0.5, 0.6) is 0 Å². The maximum absolute atomic E-state index is 2.43. The van der Waals surface area contributed by atoms with E-state index in [1.807, 2.05) is 0 Å². The Morgan fingerprint density at radius 1 is 1.00 bits per heavy atom. The van der Waals surface area contributed by atoms with Gasteiger partial charge in [-0.1, -0.05) is 0 Å². The number of hydrogen-bond donors (Lipinski definition) is 0. The SMILES string of the molecule is Cc1cccc2[se]c3ccc(CC(C)(C)C)cc3c12. The Morgan fingerprint density at radius 2 is 1.79 bits per heavy atom. The van der Waals surface area contributed by atoms with Crippen molar-refractivity contribution in [3.63, 3.8) is 0 Å². The molecular formula is C18H20Se. The molecular weight excluding hydrogens is 295 g/mol. The van der Waals surface area contributed by atoms with Crippen molar-refractivity contribution in [2.24, 2.45) is 5.41 Å². The Balaban J connectivity index is 2.24. The third kappa shape index (κ3) is 2.50. The number of hydrogen-bond acceptors (Lipinski definition) is 0. The van der Waals surface area contributed by atoms with Crippen molar-refractivity contribution in [3.05, 3.63) is 47.5 Å². The molecule has 0 amide bonds. The van der Waals surface area contributed by atoms with Crippen LogP contribution in [0.1, 0.15) is 31.9 Å². The Labute approximate surface area is 121 Å². The van der Waals surface area contributed by atoms with Gasteiger partial charge in [0.05, 0.1) is 0 Å². The minimum atomic E-state index is 0.354. The van der Waals surface area contributed by atoms with Gasteiger partial charge in [-0.15, -0.1) is 0 Å². The van der Waals surface area contributed by atoms with E-state index < -0.39 is 0 Å². The zero-order valence-electron chi connectivity index (χ0n) is 12.1. The fourth-order valence-corrected chi connectivity index (χ4v) is 5.21. The van der Waals surface area contributed by atoms with Gasteiger partial charge < -0.3 is 0 Å². The predicted molar refractivity (Wildman–Crippen MR) is 86.3 cm³/mol. The van der Waals surface area contributed by atoms with E-state index in [1.54, 1.807) is 8.52 Å². The van der Waals surface area contributed by atoms with Gasteiger partial charge in [0.25, 0.3) is 0 Å². The van der Waals surface area contributed by atoms with Crippen LogP contribution in [-0.2, 0) is 6.42 Å². The summed E-state index contributed by atoms with van der Waals surface area (Å²) in [6.07, 6.45) is 1.15. The summed E-state index contributed by atoms with van der Waals surface area (Å²) in [6, 6.07) is 13.8. The van der Waals surface area contributed by atoms with Gasteiger partial charge in [0.1, 0.15) is 0 Å². The monoisotopic (exact) mass is 316 g/mol. The molecule has 98 valence electrons. The van der Waals surface area contributed by atoms with Gasteiger partial charge in [-0.3, -0.25) is 0 Å². The maximum atomic E-state index is 2.43. The molecule has 0 saturated heterocycles. The third-order valence-corrected chi connectivity index (χ3v) is 5.89. The first-order valence-electron chi connectivity index (χ1n) is 6.85. The third-order valence-electron chi connectivity index (χ3n) is 3.50. The Morgan fingerprint density at radius 3 is 2.53 bits per heavy atom. The van der Waals surface area contributed by atoms with Gasteiger partial charge in [0.15, 0.2) is 0 Å². The molecule has 0 saturated carbocycles. The first-order valence-corrected chi connectivity index (χ1v) is 8.56. The first kappa shape index (κ1) is 13.0. The summed E-state index contributed by atoms with van der Waals surface area (Å²) in [7, 11) is 0. The fraction of sp³-hybridized carbons (Fsp3) is 0.333. The quantitative estimate of drug-likeness (QED) is 0.558. The van der Waals surface area contributed by atoms with Crippen LogP contribution >= 0.6 is 0 Å². The average molecular weight is 315 g/mol. The second-order valence-corrected chi connectivity index (χ2v) is 8.89. The van der Waals surface area contributed by atoms with Crippen LogP contribution in [0.25, 0.3) is 19.3 Å².